The van der Waals surface area contributed by atoms with Crippen LogP contribution in [0.25, 0.3) is 0 Å². The smallest absolute Gasteiger partial charge is 0.319 e. The lowest BCUT2D eigenvalue weighted by Crippen LogP contribution is -2.44. The van der Waals surface area contributed by atoms with E-state index >= 15 is 0 Å². The first kappa shape index (κ1) is 16.3. The predicted molar refractivity (Wildman–Crippen MR) is 89.7 cm³/mol. The van der Waals surface area contributed by atoms with Gasteiger partial charge in [-0.2, -0.15) is 0 Å². The van der Waals surface area contributed by atoms with Gasteiger partial charge >= 0.3 is 6.03 Å². The Bertz CT molecular complexity index is 925. The van der Waals surface area contributed by atoms with Gasteiger partial charge in [-0.25, -0.2) is 13.6 Å². The van der Waals surface area contributed by atoms with E-state index < -0.39 is 17.9 Å². The number of amides is 3. The minimum atomic E-state index is -0.842. The highest BCUT2D eigenvalue weighted by atomic mass is 19.1. The molecule has 0 aliphatic carbocycles. The normalized spacial score (nSPS) is 19.3. The largest absolute Gasteiger partial charge is 0.329 e. The molecule has 0 bridgehead atoms. The zero-order valence-corrected chi connectivity index (χ0v) is 13.6. The fourth-order valence-electron chi connectivity index (χ4n) is 3.31. The number of nitrogens with one attached hydrogen (secondary N) is 2. The summed E-state index contributed by atoms with van der Waals surface area (Å²) in [5, 5.41) is 5.26. The first-order chi connectivity index (χ1) is 12.5. The van der Waals surface area contributed by atoms with Crippen molar-refractivity contribution in [2.45, 2.75) is 12.6 Å². The summed E-state index contributed by atoms with van der Waals surface area (Å²) in [5.41, 5.74) is 1.80. The van der Waals surface area contributed by atoms with Crippen molar-refractivity contribution < 1.29 is 18.4 Å². The van der Waals surface area contributed by atoms with Gasteiger partial charge in [0.05, 0.1) is 23.9 Å². The third-order valence-electron chi connectivity index (χ3n) is 4.52. The van der Waals surface area contributed by atoms with Crippen LogP contribution in [0.5, 0.6) is 0 Å². The Kier molecular flexibility index (Phi) is 3.91. The fraction of sp³-hybridized carbons (Fsp3) is 0.158. The molecule has 2 aliphatic rings. The van der Waals surface area contributed by atoms with Crippen LogP contribution >= 0.6 is 0 Å². The predicted octanol–water partition coefficient (Wildman–Crippen LogP) is 2.62. The molecule has 0 spiro atoms. The van der Waals surface area contributed by atoms with Crippen LogP contribution in [0.4, 0.5) is 13.6 Å². The van der Waals surface area contributed by atoms with Gasteiger partial charge in [-0.05, 0) is 23.8 Å². The van der Waals surface area contributed by atoms with Crippen molar-refractivity contribution in [3.05, 3.63) is 82.6 Å². The van der Waals surface area contributed by atoms with E-state index in [-0.39, 0.29) is 30.4 Å². The average molecular weight is 355 g/mol. The van der Waals surface area contributed by atoms with Crippen molar-refractivity contribution in [1.29, 1.82) is 0 Å². The van der Waals surface area contributed by atoms with Gasteiger partial charge in [0.2, 0.25) is 0 Å². The molecule has 1 unspecified atom stereocenters. The maximum absolute atomic E-state index is 14.2. The fourth-order valence-corrected chi connectivity index (χ4v) is 3.31. The highest BCUT2D eigenvalue weighted by molar-refractivity contribution is 6.01. The zero-order chi connectivity index (χ0) is 18.3. The highest BCUT2D eigenvalue weighted by Gasteiger charge is 2.41. The Morgan fingerprint density at radius 2 is 1.77 bits per heavy atom. The van der Waals surface area contributed by atoms with Crippen molar-refractivity contribution in [1.82, 2.24) is 15.5 Å². The molecule has 7 heteroatoms. The van der Waals surface area contributed by atoms with Crippen LogP contribution in [-0.4, -0.2) is 23.4 Å². The molecule has 2 heterocycles. The third kappa shape index (κ3) is 2.81. The molecule has 0 saturated heterocycles. The van der Waals surface area contributed by atoms with E-state index in [1.165, 1.54) is 18.2 Å². The van der Waals surface area contributed by atoms with E-state index in [2.05, 4.69) is 10.6 Å². The van der Waals surface area contributed by atoms with Gasteiger partial charge in [-0.3, -0.25) is 4.79 Å². The summed E-state index contributed by atoms with van der Waals surface area (Å²) < 4.78 is 27.3. The molecule has 1 atom stereocenters. The van der Waals surface area contributed by atoms with Crippen molar-refractivity contribution >= 4 is 11.9 Å². The molecule has 2 N–H and O–H groups in total. The van der Waals surface area contributed by atoms with Crippen LogP contribution in [0.15, 0.2) is 59.8 Å². The summed E-state index contributed by atoms with van der Waals surface area (Å²) in [4.78, 5) is 26.4. The number of carbonyl (C=O) groups excluding carboxylic acids is 2. The number of hydrogen-bond acceptors (Lipinski definition) is 2. The molecule has 2 aromatic rings. The Labute approximate surface area is 148 Å². The van der Waals surface area contributed by atoms with Gasteiger partial charge in [0.15, 0.2) is 0 Å². The number of halogens is 2. The van der Waals surface area contributed by atoms with Gasteiger partial charge in [0.25, 0.3) is 5.91 Å². The standard InChI is InChI=1S/C19H15F2N3O2/c20-12-7-5-11(6-8-12)9-24-10-15-16(18(24)25)17(23-19(26)22-15)13-3-1-2-4-14(13)21/h1-8,17H,9-10H2,(H2,22,23,26). The summed E-state index contributed by atoms with van der Waals surface area (Å²) >= 11 is 0. The lowest BCUT2D eigenvalue weighted by atomic mass is 9.96. The van der Waals surface area contributed by atoms with Crippen LogP contribution in [0.3, 0.4) is 0 Å². The third-order valence-corrected chi connectivity index (χ3v) is 4.52. The molecule has 132 valence electrons. The van der Waals surface area contributed by atoms with Gasteiger partial charge < -0.3 is 15.5 Å². The molecule has 5 nitrogen and oxygen atoms in total. The zero-order valence-electron chi connectivity index (χ0n) is 13.6. The lowest BCUT2D eigenvalue weighted by Gasteiger charge is -2.25. The van der Waals surface area contributed by atoms with Crippen molar-refractivity contribution in [2.75, 3.05) is 6.54 Å². The van der Waals surface area contributed by atoms with Gasteiger partial charge in [-0.1, -0.05) is 30.3 Å². The van der Waals surface area contributed by atoms with Crippen LogP contribution in [0, 0.1) is 11.6 Å². The minimum Gasteiger partial charge on any atom is -0.329 e. The van der Waals surface area contributed by atoms with Gasteiger partial charge in [0, 0.05) is 12.1 Å². The molecule has 0 aromatic heterocycles. The van der Waals surface area contributed by atoms with E-state index in [9.17, 15) is 18.4 Å². The van der Waals surface area contributed by atoms with Crippen LogP contribution in [0.1, 0.15) is 17.2 Å². The highest BCUT2D eigenvalue weighted by Crippen LogP contribution is 2.34. The molecule has 26 heavy (non-hydrogen) atoms. The maximum Gasteiger partial charge on any atom is 0.319 e. The summed E-state index contributed by atoms with van der Waals surface area (Å²) in [5.74, 6) is -1.13. The first-order valence-corrected chi connectivity index (χ1v) is 8.11. The Balaban J connectivity index is 1.64. The molecule has 0 fully saturated rings. The Morgan fingerprint density at radius 1 is 1.04 bits per heavy atom. The number of hydrogen-bond donors (Lipinski definition) is 2. The summed E-state index contributed by atoms with van der Waals surface area (Å²) in [6, 6.07) is 10.6. The number of rotatable bonds is 3. The Hall–Kier alpha value is -3.22. The molecule has 0 saturated carbocycles. The van der Waals surface area contributed by atoms with Crippen LogP contribution < -0.4 is 10.6 Å². The number of urea groups is 1. The quantitative estimate of drug-likeness (QED) is 0.889. The molecular formula is C19H15F2N3O2. The molecule has 4 rings (SSSR count). The summed E-state index contributed by atoms with van der Waals surface area (Å²) in [6.45, 7) is 0.482. The van der Waals surface area contributed by atoms with E-state index in [1.807, 2.05) is 0 Å². The topological polar surface area (TPSA) is 61.4 Å². The van der Waals surface area contributed by atoms with Gasteiger partial charge in [-0.15, -0.1) is 0 Å². The Morgan fingerprint density at radius 3 is 2.50 bits per heavy atom. The van der Waals surface area contributed by atoms with Crippen LogP contribution in [0.2, 0.25) is 0 Å². The lowest BCUT2D eigenvalue weighted by molar-refractivity contribution is -0.126. The van der Waals surface area contributed by atoms with E-state index in [0.717, 1.165) is 5.56 Å². The first-order valence-electron chi connectivity index (χ1n) is 8.11. The summed E-state index contributed by atoms with van der Waals surface area (Å²) in [7, 11) is 0. The summed E-state index contributed by atoms with van der Waals surface area (Å²) in [6.07, 6.45) is 0. The molecule has 2 aliphatic heterocycles. The minimum absolute atomic E-state index is 0.212. The van der Waals surface area contributed by atoms with Crippen molar-refractivity contribution in [3.63, 3.8) is 0 Å². The second-order valence-electron chi connectivity index (χ2n) is 6.23. The number of carbonyl (C=O) groups is 2. The molecular weight excluding hydrogens is 340 g/mol. The van der Waals surface area contributed by atoms with E-state index in [0.29, 0.717) is 11.3 Å². The average Bonchev–Trinajstić information content (AvgIpc) is 2.92. The second kappa shape index (κ2) is 6.25. The van der Waals surface area contributed by atoms with Gasteiger partial charge in [0.1, 0.15) is 11.6 Å². The SMILES string of the molecule is O=C1NC2=C(C(=O)N(Cc3ccc(F)cc3)C2)C(c2ccccc2F)N1. The number of benzene rings is 2. The molecule has 2 aromatic carbocycles. The van der Waals surface area contributed by atoms with Crippen molar-refractivity contribution in [2.24, 2.45) is 0 Å². The number of nitrogens with zero attached hydrogens (tertiary/aromatic N) is 1. The van der Waals surface area contributed by atoms with Crippen molar-refractivity contribution in [3.8, 4) is 0 Å². The van der Waals surface area contributed by atoms with E-state index in [1.54, 1.807) is 35.2 Å². The van der Waals surface area contributed by atoms with E-state index in [4.69, 9.17) is 0 Å². The molecule has 0 radical (unpaired) electrons. The van der Waals surface area contributed by atoms with Crippen LogP contribution in [-0.2, 0) is 11.3 Å². The maximum atomic E-state index is 14.2. The monoisotopic (exact) mass is 355 g/mol. The second-order valence-corrected chi connectivity index (χ2v) is 6.23. The molecule has 3 amide bonds.